The van der Waals surface area contributed by atoms with Crippen molar-refractivity contribution in [1.82, 2.24) is 0 Å². The zero-order valence-corrected chi connectivity index (χ0v) is 54.9. The molecule has 0 spiro atoms. The van der Waals surface area contributed by atoms with Crippen molar-refractivity contribution in [3.63, 3.8) is 0 Å². The number of carbonyl (C=O) groups is 4. The molecule has 85 heavy (non-hydrogen) atoms. The van der Waals surface area contributed by atoms with Gasteiger partial charge < -0.3 is 39.0 Å². The summed E-state index contributed by atoms with van der Waals surface area (Å²) in [7, 11) is 0. The van der Waals surface area contributed by atoms with Crippen LogP contribution in [0.25, 0.3) is 0 Å². The van der Waals surface area contributed by atoms with E-state index >= 15 is 0 Å². The molecule has 0 aromatic heterocycles. The van der Waals surface area contributed by atoms with Crippen LogP contribution in [0.2, 0.25) is 0 Å². The quantitative estimate of drug-likeness (QED) is 0.0228. The second-order valence-electron chi connectivity index (χ2n) is 24.5. The zero-order valence-electron chi connectivity index (χ0n) is 54.9. The highest BCUT2D eigenvalue weighted by molar-refractivity contribution is 5.74. The second kappa shape index (κ2) is 60.9. The van der Waals surface area contributed by atoms with Gasteiger partial charge in [0.15, 0.2) is 24.6 Å². The number of carbonyl (C=O) groups excluding carboxylic acids is 3. The number of carboxylic acid groups (broad SMARTS) is 1. The van der Waals surface area contributed by atoms with Crippen LogP contribution in [0, 0.1) is 0 Å². The Balaban J connectivity index is 2.63. The summed E-state index contributed by atoms with van der Waals surface area (Å²) in [5, 5.41) is 31.7. The van der Waals surface area contributed by atoms with Crippen LogP contribution in [-0.2, 0) is 42.9 Å². The minimum absolute atomic E-state index is 0.0640. The number of esters is 3. The number of aliphatic carboxylic acids is 1. The topological polar surface area (TPSA) is 175 Å². The normalized spacial score (nSPS) is 17.7. The largest absolute Gasteiger partial charge is 0.479 e. The van der Waals surface area contributed by atoms with E-state index in [0.717, 1.165) is 89.9 Å². The molecule has 6 atom stereocenters. The lowest BCUT2D eigenvalue weighted by Gasteiger charge is -2.40. The summed E-state index contributed by atoms with van der Waals surface area (Å²) in [6.07, 6.45) is 63.4. The number of allylic oxidation sites excluding steroid dienone is 8. The van der Waals surface area contributed by atoms with Crippen LogP contribution >= 0.6 is 0 Å². The molecule has 1 aliphatic rings. The first-order valence-electron chi connectivity index (χ1n) is 35.6. The predicted molar refractivity (Wildman–Crippen MR) is 349 cm³/mol. The Morgan fingerprint density at radius 2 is 0.706 bits per heavy atom. The van der Waals surface area contributed by atoms with Crippen molar-refractivity contribution in [2.24, 2.45) is 0 Å². The van der Waals surface area contributed by atoms with E-state index in [-0.39, 0.29) is 25.9 Å². The van der Waals surface area contributed by atoms with Gasteiger partial charge in [-0.1, -0.05) is 288 Å². The molecule has 1 rings (SSSR count). The fourth-order valence-electron chi connectivity index (χ4n) is 10.9. The van der Waals surface area contributed by atoms with Gasteiger partial charge in [0.05, 0.1) is 6.61 Å². The summed E-state index contributed by atoms with van der Waals surface area (Å²) >= 11 is 0. The summed E-state index contributed by atoms with van der Waals surface area (Å²) in [6.45, 7) is 6.02. The monoisotopic (exact) mass is 1200 g/mol. The predicted octanol–water partition coefficient (Wildman–Crippen LogP) is 19.7. The standard InChI is InChI=1S/C73H130O12/c1-4-7-10-13-16-19-22-25-28-31-33-36-38-41-44-47-50-53-56-59-65(74)81-62-64(83-66(75)60-57-54-51-48-45-42-40-37-34-32-29-26-23-20-17-14-11-8-5-2)63-82-73-71(69(78)68(77)70(85-73)72(79)80)84-67(76)61-58-55-52-49-46-43-39-35-30-27-24-21-18-15-12-9-6-3/h16,19,25-26,28-29,33,36,64,68-71,73,77-78H,4-15,17-18,20-24,27,30-32,34-35,37-63H2,1-3H3,(H,79,80)/b19-16-,28-25-,29-26-,36-33-. The van der Waals surface area contributed by atoms with E-state index in [9.17, 15) is 34.5 Å². The average molecular weight is 1200 g/mol. The van der Waals surface area contributed by atoms with Gasteiger partial charge in [-0.05, 0) is 83.5 Å². The Bertz CT molecular complexity index is 1660. The SMILES string of the molecule is CCCCC/C=C\C/C=C\C/C=C\CCCCCCCCC(=O)OCC(COC1OC(C(=O)O)C(O)C(O)C1OC(=O)CCCCCCCCCCCCCCCCCCC)OC(=O)CCCCCCCCCCC/C=C\CCCCCCCC. The Morgan fingerprint density at radius 3 is 1.11 bits per heavy atom. The number of hydrogen-bond donors (Lipinski definition) is 3. The Morgan fingerprint density at radius 1 is 0.388 bits per heavy atom. The van der Waals surface area contributed by atoms with Crippen molar-refractivity contribution >= 4 is 23.9 Å². The van der Waals surface area contributed by atoms with Crippen molar-refractivity contribution in [1.29, 1.82) is 0 Å². The van der Waals surface area contributed by atoms with Gasteiger partial charge in [-0.3, -0.25) is 14.4 Å². The minimum atomic E-state index is -1.90. The summed E-state index contributed by atoms with van der Waals surface area (Å²) in [4.78, 5) is 51.5. The number of aliphatic hydroxyl groups excluding tert-OH is 2. The van der Waals surface area contributed by atoms with Gasteiger partial charge in [-0.2, -0.15) is 0 Å². The Labute approximate surface area is 520 Å². The summed E-state index contributed by atoms with van der Waals surface area (Å²) in [5.74, 6) is -3.10. The fourth-order valence-corrected chi connectivity index (χ4v) is 10.9. The molecule has 1 aliphatic heterocycles. The van der Waals surface area contributed by atoms with E-state index in [0.29, 0.717) is 19.3 Å². The highest BCUT2D eigenvalue weighted by Crippen LogP contribution is 2.27. The van der Waals surface area contributed by atoms with Gasteiger partial charge in [0, 0.05) is 19.3 Å². The molecule has 1 saturated heterocycles. The Hall–Kier alpha value is -3.32. The Kier molecular flexibility index (Phi) is 57.1. The maximum atomic E-state index is 13.3. The first kappa shape index (κ1) is 79.7. The average Bonchev–Trinajstić information content (AvgIpc) is 3.46. The minimum Gasteiger partial charge on any atom is -0.479 e. The molecule has 3 N–H and O–H groups in total. The second-order valence-corrected chi connectivity index (χ2v) is 24.5. The van der Waals surface area contributed by atoms with Crippen molar-refractivity contribution in [3.05, 3.63) is 48.6 Å². The van der Waals surface area contributed by atoms with Crippen LogP contribution in [0.3, 0.4) is 0 Å². The van der Waals surface area contributed by atoms with Crippen LogP contribution in [0.5, 0.6) is 0 Å². The highest BCUT2D eigenvalue weighted by Gasteiger charge is 2.50. The lowest BCUT2D eigenvalue weighted by molar-refractivity contribution is -0.301. The van der Waals surface area contributed by atoms with Gasteiger partial charge in [-0.25, -0.2) is 4.79 Å². The van der Waals surface area contributed by atoms with Crippen molar-refractivity contribution < 1.29 is 58.2 Å². The first-order valence-corrected chi connectivity index (χ1v) is 35.6. The molecule has 12 heteroatoms. The number of hydrogen-bond acceptors (Lipinski definition) is 11. The molecule has 1 fully saturated rings. The molecule has 0 saturated carbocycles. The van der Waals surface area contributed by atoms with Crippen molar-refractivity contribution in [2.75, 3.05) is 13.2 Å². The summed E-state index contributed by atoms with van der Waals surface area (Å²) < 4.78 is 28.6. The van der Waals surface area contributed by atoms with Crippen LogP contribution in [0.15, 0.2) is 48.6 Å². The number of ether oxygens (including phenoxy) is 5. The fraction of sp³-hybridized carbons (Fsp3) is 0.836. The molecular formula is C73H130O12. The van der Waals surface area contributed by atoms with E-state index < -0.39 is 67.3 Å². The number of aliphatic hydroxyl groups is 2. The molecule has 0 aliphatic carbocycles. The van der Waals surface area contributed by atoms with Crippen LogP contribution in [0.1, 0.15) is 342 Å². The lowest BCUT2D eigenvalue weighted by atomic mass is 9.98. The third-order valence-electron chi connectivity index (χ3n) is 16.4. The molecule has 494 valence electrons. The van der Waals surface area contributed by atoms with Crippen molar-refractivity contribution in [2.45, 2.75) is 379 Å². The number of unbranched alkanes of at least 4 members (excludes halogenated alkanes) is 40. The van der Waals surface area contributed by atoms with Crippen LogP contribution in [-0.4, -0.2) is 89.2 Å². The molecule has 1 heterocycles. The zero-order chi connectivity index (χ0) is 61.7. The van der Waals surface area contributed by atoms with E-state index in [2.05, 4.69) is 69.4 Å². The van der Waals surface area contributed by atoms with E-state index in [1.165, 1.54) is 193 Å². The molecule has 0 amide bonds. The third-order valence-corrected chi connectivity index (χ3v) is 16.4. The molecule has 0 aromatic carbocycles. The third kappa shape index (κ3) is 50.3. The maximum absolute atomic E-state index is 13.3. The van der Waals surface area contributed by atoms with Gasteiger partial charge in [0.1, 0.15) is 18.8 Å². The summed E-state index contributed by atoms with van der Waals surface area (Å²) in [6, 6.07) is 0. The van der Waals surface area contributed by atoms with Crippen molar-refractivity contribution in [3.8, 4) is 0 Å². The highest BCUT2D eigenvalue weighted by atomic mass is 16.7. The molecular weight excluding hydrogens is 1070 g/mol. The molecule has 6 unspecified atom stereocenters. The van der Waals surface area contributed by atoms with Crippen LogP contribution in [0.4, 0.5) is 0 Å². The molecule has 0 radical (unpaired) electrons. The van der Waals surface area contributed by atoms with E-state index in [1.54, 1.807) is 0 Å². The van der Waals surface area contributed by atoms with E-state index in [4.69, 9.17) is 23.7 Å². The molecule has 12 nitrogen and oxygen atoms in total. The molecule has 0 bridgehead atoms. The smallest absolute Gasteiger partial charge is 0.335 e. The number of rotatable bonds is 62. The lowest BCUT2D eigenvalue weighted by Crippen LogP contribution is -2.61. The molecule has 0 aromatic rings. The van der Waals surface area contributed by atoms with Gasteiger partial charge in [-0.15, -0.1) is 0 Å². The first-order chi connectivity index (χ1) is 41.6. The van der Waals surface area contributed by atoms with Gasteiger partial charge in [0.25, 0.3) is 0 Å². The van der Waals surface area contributed by atoms with E-state index in [1.807, 2.05) is 0 Å². The van der Waals surface area contributed by atoms with Crippen LogP contribution < -0.4 is 0 Å². The van der Waals surface area contributed by atoms with Gasteiger partial charge >= 0.3 is 23.9 Å². The van der Waals surface area contributed by atoms with Gasteiger partial charge in [0.2, 0.25) is 0 Å². The summed E-state index contributed by atoms with van der Waals surface area (Å²) in [5.41, 5.74) is 0. The maximum Gasteiger partial charge on any atom is 0.335 e. The number of carboxylic acids is 1.